The van der Waals surface area contributed by atoms with E-state index in [4.69, 9.17) is 4.84 Å². The van der Waals surface area contributed by atoms with Gasteiger partial charge in [0.25, 0.3) is 0 Å². The SMILES string of the molecule is CC1CC(C(=O)NOCc2ccccc2)CCN1. The van der Waals surface area contributed by atoms with E-state index in [9.17, 15) is 4.79 Å². The van der Waals surface area contributed by atoms with Crippen LogP contribution in [0.1, 0.15) is 25.3 Å². The van der Waals surface area contributed by atoms with Gasteiger partial charge in [0.05, 0.1) is 6.61 Å². The predicted octanol–water partition coefficient (Wildman–Crippen LogP) is 1.62. The fourth-order valence-corrected chi connectivity index (χ4v) is 2.22. The Morgan fingerprint density at radius 2 is 2.22 bits per heavy atom. The van der Waals surface area contributed by atoms with Crippen LogP contribution in [0.2, 0.25) is 0 Å². The van der Waals surface area contributed by atoms with Gasteiger partial charge in [-0.25, -0.2) is 5.48 Å². The van der Waals surface area contributed by atoms with E-state index in [1.54, 1.807) is 0 Å². The van der Waals surface area contributed by atoms with Crippen LogP contribution in [0.15, 0.2) is 30.3 Å². The standard InChI is InChI=1S/C14H20N2O2/c1-11-9-13(7-8-15-11)14(17)16-18-10-12-5-3-2-4-6-12/h2-6,11,13,15H,7-10H2,1H3,(H,16,17). The molecule has 0 radical (unpaired) electrons. The Hall–Kier alpha value is -1.39. The molecule has 0 spiro atoms. The van der Waals surface area contributed by atoms with Crippen molar-refractivity contribution in [3.05, 3.63) is 35.9 Å². The zero-order valence-corrected chi connectivity index (χ0v) is 10.7. The number of carbonyl (C=O) groups is 1. The summed E-state index contributed by atoms with van der Waals surface area (Å²) in [6.45, 7) is 3.41. The van der Waals surface area contributed by atoms with Crippen molar-refractivity contribution in [1.82, 2.24) is 10.8 Å². The Morgan fingerprint density at radius 3 is 2.94 bits per heavy atom. The van der Waals surface area contributed by atoms with Gasteiger partial charge in [0, 0.05) is 12.0 Å². The Bertz CT molecular complexity index is 381. The van der Waals surface area contributed by atoms with Gasteiger partial charge in [0.1, 0.15) is 0 Å². The summed E-state index contributed by atoms with van der Waals surface area (Å²) in [5.41, 5.74) is 3.61. The van der Waals surface area contributed by atoms with E-state index < -0.39 is 0 Å². The van der Waals surface area contributed by atoms with E-state index in [1.807, 2.05) is 30.3 Å². The first kappa shape index (κ1) is 13.1. The number of hydroxylamine groups is 1. The highest BCUT2D eigenvalue weighted by atomic mass is 16.6. The third kappa shape index (κ3) is 3.82. The zero-order valence-electron chi connectivity index (χ0n) is 10.7. The molecule has 2 unspecified atom stereocenters. The molecule has 0 saturated carbocycles. The molecular weight excluding hydrogens is 228 g/mol. The minimum Gasteiger partial charge on any atom is -0.314 e. The van der Waals surface area contributed by atoms with Crippen LogP contribution < -0.4 is 10.8 Å². The average molecular weight is 248 g/mol. The highest BCUT2D eigenvalue weighted by molar-refractivity contribution is 5.77. The molecular formula is C14H20N2O2. The molecule has 1 amide bonds. The van der Waals surface area contributed by atoms with Gasteiger partial charge in [-0.2, -0.15) is 0 Å². The van der Waals surface area contributed by atoms with Crippen LogP contribution in [0.3, 0.4) is 0 Å². The second kappa shape index (κ2) is 6.52. The number of benzene rings is 1. The number of rotatable bonds is 4. The van der Waals surface area contributed by atoms with Crippen LogP contribution in [0.4, 0.5) is 0 Å². The van der Waals surface area contributed by atoms with Gasteiger partial charge < -0.3 is 5.32 Å². The molecule has 0 aliphatic carbocycles. The van der Waals surface area contributed by atoms with E-state index in [-0.39, 0.29) is 11.8 Å². The molecule has 2 rings (SSSR count). The Labute approximate surface area is 108 Å². The summed E-state index contributed by atoms with van der Waals surface area (Å²) >= 11 is 0. The Kier molecular flexibility index (Phi) is 4.73. The lowest BCUT2D eigenvalue weighted by atomic mass is 9.93. The second-order valence-electron chi connectivity index (χ2n) is 4.82. The van der Waals surface area contributed by atoms with E-state index >= 15 is 0 Å². The minimum atomic E-state index is -0.000666. The van der Waals surface area contributed by atoms with Crippen LogP contribution in [-0.4, -0.2) is 18.5 Å². The highest BCUT2D eigenvalue weighted by Crippen LogP contribution is 2.15. The molecule has 1 aromatic rings. The molecule has 0 bridgehead atoms. The molecule has 2 N–H and O–H groups in total. The molecule has 18 heavy (non-hydrogen) atoms. The largest absolute Gasteiger partial charge is 0.314 e. The molecule has 0 aromatic heterocycles. The monoisotopic (exact) mass is 248 g/mol. The minimum absolute atomic E-state index is 0.000666. The van der Waals surface area contributed by atoms with Crippen molar-refractivity contribution in [2.24, 2.45) is 5.92 Å². The van der Waals surface area contributed by atoms with Gasteiger partial charge in [-0.1, -0.05) is 30.3 Å². The van der Waals surface area contributed by atoms with Crippen LogP contribution in [0.5, 0.6) is 0 Å². The lowest BCUT2D eigenvalue weighted by Crippen LogP contribution is -2.42. The number of hydrogen-bond donors (Lipinski definition) is 2. The molecule has 1 aliphatic heterocycles. The van der Waals surface area contributed by atoms with E-state index in [0.717, 1.165) is 24.9 Å². The van der Waals surface area contributed by atoms with Crippen molar-refractivity contribution in [2.75, 3.05) is 6.54 Å². The normalized spacial score (nSPS) is 23.6. The third-order valence-electron chi connectivity index (χ3n) is 3.25. The van der Waals surface area contributed by atoms with Gasteiger partial charge in [-0.3, -0.25) is 9.63 Å². The second-order valence-corrected chi connectivity index (χ2v) is 4.82. The fraction of sp³-hybridized carbons (Fsp3) is 0.500. The van der Waals surface area contributed by atoms with Crippen LogP contribution in [0, 0.1) is 5.92 Å². The lowest BCUT2D eigenvalue weighted by Gasteiger charge is -2.26. The van der Waals surface area contributed by atoms with Gasteiger partial charge >= 0.3 is 0 Å². The topological polar surface area (TPSA) is 50.4 Å². The fourth-order valence-electron chi connectivity index (χ4n) is 2.22. The third-order valence-corrected chi connectivity index (χ3v) is 3.25. The maximum atomic E-state index is 11.9. The number of piperidine rings is 1. The van der Waals surface area contributed by atoms with Crippen molar-refractivity contribution in [1.29, 1.82) is 0 Å². The van der Waals surface area contributed by atoms with Gasteiger partial charge in [0.2, 0.25) is 5.91 Å². The summed E-state index contributed by atoms with van der Waals surface area (Å²) in [5, 5.41) is 3.33. The predicted molar refractivity (Wildman–Crippen MR) is 69.6 cm³/mol. The maximum Gasteiger partial charge on any atom is 0.246 e. The molecule has 1 fully saturated rings. The number of nitrogens with one attached hydrogen (secondary N) is 2. The van der Waals surface area contributed by atoms with Crippen molar-refractivity contribution in [2.45, 2.75) is 32.4 Å². The average Bonchev–Trinajstić information content (AvgIpc) is 2.40. The van der Waals surface area contributed by atoms with Crippen LogP contribution in [0.25, 0.3) is 0 Å². The molecule has 4 heteroatoms. The summed E-state index contributed by atoms with van der Waals surface area (Å²) < 4.78 is 0. The summed E-state index contributed by atoms with van der Waals surface area (Å²) in [7, 11) is 0. The summed E-state index contributed by atoms with van der Waals surface area (Å²) in [5.74, 6) is 0.0660. The van der Waals surface area contributed by atoms with Gasteiger partial charge in [-0.05, 0) is 31.9 Å². The number of amides is 1. The summed E-state index contributed by atoms with van der Waals surface area (Å²) in [6, 6.07) is 10.2. The molecule has 4 nitrogen and oxygen atoms in total. The molecule has 1 aliphatic rings. The molecule has 1 saturated heterocycles. The van der Waals surface area contributed by atoms with Crippen LogP contribution in [-0.2, 0) is 16.2 Å². The Morgan fingerprint density at radius 1 is 1.44 bits per heavy atom. The lowest BCUT2D eigenvalue weighted by molar-refractivity contribution is -0.140. The Balaban J connectivity index is 1.71. The summed E-state index contributed by atoms with van der Waals surface area (Å²) in [6.07, 6.45) is 1.76. The van der Waals surface area contributed by atoms with Crippen molar-refractivity contribution < 1.29 is 9.63 Å². The van der Waals surface area contributed by atoms with Crippen LogP contribution >= 0.6 is 0 Å². The number of hydrogen-bond acceptors (Lipinski definition) is 3. The molecule has 98 valence electrons. The van der Waals surface area contributed by atoms with Gasteiger partial charge in [-0.15, -0.1) is 0 Å². The summed E-state index contributed by atoms with van der Waals surface area (Å²) in [4.78, 5) is 17.1. The van der Waals surface area contributed by atoms with Crippen molar-refractivity contribution in [3.8, 4) is 0 Å². The van der Waals surface area contributed by atoms with Crippen molar-refractivity contribution in [3.63, 3.8) is 0 Å². The highest BCUT2D eigenvalue weighted by Gasteiger charge is 2.24. The van der Waals surface area contributed by atoms with E-state index in [2.05, 4.69) is 17.7 Å². The number of carbonyl (C=O) groups excluding carboxylic acids is 1. The van der Waals surface area contributed by atoms with Gasteiger partial charge in [0.15, 0.2) is 0 Å². The van der Waals surface area contributed by atoms with E-state index in [1.165, 1.54) is 0 Å². The first-order valence-electron chi connectivity index (χ1n) is 6.44. The first-order valence-corrected chi connectivity index (χ1v) is 6.44. The molecule has 2 atom stereocenters. The molecule has 1 heterocycles. The quantitative estimate of drug-likeness (QED) is 0.796. The zero-order chi connectivity index (χ0) is 12.8. The molecule has 1 aromatic carbocycles. The van der Waals surface area contributed by atoms with Crippen molar-refractivity contribution >= 4 is 5.91 Å². The smallest absolute Gasteiger partial charge is 0.246 e. The first-order chi connectivity index (χ1) is 8.75. The van der Waals surface area contributed by atoms with E-state index in [0.29, 0.717) is 12.6 Å². The maximum absolute atomic E-state index is 11.9.